The normalized spacial score (nSPS) is 27.0. The Hall–Kier alpha value is -1.22. The van der Waals surface area contributed by atoms with Crippen molar-refractivity contribution in [1.82, 2.24) is 0 Å². The lowest BCUT2D eigenvalue weighted by molar-refractivity contribution is -0.0117. The van der Waals surface area contributed by atoms with Crippen molar-refractivity contribution in [2.75, 3.05) is 7.11 Å². The Labute approximate surface area is 115 Å². The Balaban J connectivity index is 1.99. The van der Waals surface area contributed by atoms with E-state index in [0.29, 0.717) is 5.92 Å². The molecule has 106 valence electrons. The van der Waals surface area contributed by atoms with Crippen molar-refractivity contribution in [2.24, 2.45) is 5.92 Å². The van der Waals surface area contributed by atoms with Crippen LogP contribution in [0.4, 0.5) is 0 Å². The number of aliphatic hydroxyl groups is 1. The minimum atomic E-state index is -0.348. The van der Waals surface area contributed by atoms with E-state index in [9.17, 15) is 5.11 Å². The number of aliphatic hydroxyl groups excluding tert-OH is 1. The molecule has 2 rings (SSSR count). The van der Waals surface area contributed by atoms with Crippen molar-refractivity contribution in [3.8, 4) is 11.5 Å². The van der Waals surface area contributed by atoms with E-state index in [1.807, 2.05) is 24.3 Å². The first-order valence-electron chi connectivity index (χ1n) is 7.21. The molecule has 1 saturated carbocycles. The Morgan fingerprint density at radius 3 is 2.79 bits per heavy atom. The molecule has 0 aromatic heterocycles. The Morgan fingerprint density at radius 2 is 2.05 bits per heavy atom. The summed E-state index contributed by atoms with van der Waals surface area (Å²) in [6.07, 6.45) is 4.91. The summed E-state index contributed by atoms with van der Waals surface area (Å²) >= 11 is 0. The summed E-state index contributed by atoms with van der Waals surface area (Å²) in [6.45, 7) is 2.21. The first-order chi connectivity index (χ1) is 9.22. The zero-order valence-electron chi connectivity index (χ0n) is 11.8. The quantitative estimate of drug-likeness (QED) is 0.885. The second-order valence-corrected chi connectivity index (χ2v) is 5.37. The number of hydrogen-bond donors (Lipinski definition) is 1. The second-order valence-electron chi connectivity index (χ2n) is 5.37. The van der Waals surface area contributed by atoms with Gasteiger partial charge in [-0.15, -0.1) is 0 Å². The summed E-state index contributed by atoms with van der Waals surface area (Å²) in [4.78, 5) is 0. The lowest BCUT2D eigenvalue weighted by Crippen LogP contribution is -2.38. The third kappa shape index (κ3) is 3.87. The van der Waals surface area contributed by atoms with Gasteiger partial charge in [-0.1, -0.05) is 25.8 Å². The van der Waals surface area contributed by atoms with Crippen molar-refractivity contribution < 1.29 is 14.6 Å². The van der Waals surface area contributed by atoms with E-state index in [4.69, 9.17) is 9.47 Å². The molecule has 0 heterocycles. The maximum atomic E-state index is 10.1. The van der Waals surface area contributed by atoms with Crippen LogP contribution < -0.4 is 9.47 Å². The molecule has 0 spiro atoms. The van der Waals surface area contributed by atoms with Crippen LogP contribution in [0.15, 0.2) is 24.3 Å². The zero-order chi connectivity index (χ0) is 13.7. The van der Waals surface area contributed by atoms with Gasteiger partial charge in [0.2, 0.25) is 0 Å². The van der Waals surface area contributed by atoms with Gasteiger partial charge in [-0.25, -0.2) is 0 Å². The molecule has 1 aromatic rings. The molecule has 0 saturated heterocycles. The van der Waals surface area contributed by atoms with Crippen LogP contribution in [-0.2, 0) is 0 Å². The summed E-state index contributed by atoms with van der Waals surface area (Å²) in [5.74, 6) is 2.25. The van der Waals surface area contributed by atoms with E-state index < -0.39 is 0 Å². The molecule has 1 aliphatic rings. The highest BCUT2D eigenvalue weighted by Gasteiger charge is 2.30. The van der Waals surface area contributed by atoms with Gasteiger partial charge < -0.3 is 14.6 Å². The summed E-state index contributed by atoms with van der Waals surface area (Å²) < 4.78 is 11.1. The van der Waals surface area contributed by atoms with Crippen LogP contribution in [0.5, 0.6) is 11.5 Å². The number of hydrogen-bond acceptors (Lipinski definition) is 3. The first kappa shape index (κ1) is 14.2. The largest absolute Gasteiger partial charge is 0.497 e. The average molecular weight is 264 g/mol. The van der Waals surface area contributed by atoms with E-state index in [0.717, 1.165) is 30.8 Å². The Morgan fingerprint density at radius 1 is 1.26 bits per heavy atom. The molecular weight excluding hydrogens is 240 g/mol. The fourth-order valence-corrected chi connectivity index (χ4v) is 2.84. The van der Waals surface area contributed by atoms with Crippen LogP contribution in [0.1, 0.15) is 39.0 Å². The van der Waals surface area contributed by atoms with Crippen molar-refractivity contribution in [1.29, 1.82) is 0 Å². The Kier molecular flexibility index (Phi) is 5.08. The number of benzene rings is 1. The highest BCUT2D eigenvalue weighted by molar-refractivity contribution is 5.33. The highest BCUT2D eigenvalue weighted by Crippen LogP contribution is 2.31. The molecular formula is C16H24O3. The monoisotopic (exact) mass is 264 g/mol. The lowest BCUT2D eigenvalue weighted by Gasteiger charge is -2.33. The molecule has 0 radical (unpaired) electrons. The predicted octanol–water partition coefficient (Wildman–Crippen LogP) is 3.40. The van der Waals surface area contributed by atoms with Crippen LogP contribution in [0, 0.1) is 5.92 Å². The topological polar surface area (TPSA) is 38.7 Å². The third-order valence-electron chi connectivity index (χ3n) is 3.89. The molecule has 0 amide bonds. The fraction of sp³-hybridized carbons (Fsp3) is 0.625. The smallest absolute Gasteiger partial charge is 0.125 e. The molecule has 0 bridgehead atoms. The van der Waals surface area contributed by atoms with Crippen molar-refractivity contribution >= 4 is 0 Å². The van der Waals surface area contributed by atoms with Gasteiger partial charge in [0.15, 0.2) is 0 Å². The minimum absolute atomic E-state index is 0.0857. The van der Waals surface area contributed by atoms with E-state index >= 15 is 0 Å². The van der Waals surface area contributed by atoms with Gasteiger partial charge in [0.05, 0.1) is 13.2 Å². The van der Waals surface area contributed by atoms with Gasteiger partial charge in [0, 0.05) is 6.07 Å². The molecule has 1 aliphatic carbocycles. The third-order valence-corrected chi connectivity index (χ3v) is 3.89. The number of ether oxygens (including phenoxy) is 2. The van der Waals surface area contributed by atoms with Gasteiger partial charge in [0.1, 0.15) is 17.6 Å². The molecule has 1 aromatic carbocycles. The van der Waals surface area contributed by atoms with Gasteiger partial charge in [-0.2, -0.15) is 0 Å². The van der Waals surface area contributed by atoms with Crippen LogP contribution in [-0.4, -0.2) is 24.4 Å². The van der Waals surface area contributed by atoms with Gasteiger partial charge in [0.25, 0.3) is 0 Å². The maximum Gasteiger partial charge on any atom is 0.125 e. The molecule has 1 N–H and O–H groups in total. The minimum Gasteiger partial charge on any atom is -0.497 e. The summed E-state index contributed by atoms with van der Waals surface area (Å²) in [6, 6.07) is 7.59. The van der Waals surface area contributed by atoms with Gasteiger partial charge in [-0.3, -0.25) is 0 Å². The van der Waals surface area contributed by atoms with Crippen molar-refractivity contribution in [2.45, 2.75) is 51.2 Å². The van der Waals surface area contributed by atoms with Crippen LogP contribution in [0.25, 0.3) is 0 Å². The zero-order valence-corrected chi connectivity index (χ0v) is 11.8. The van der Waals surface area contributed by atoms with E-state index in [-0.39, 0.29) is 12.2 Å². The lowest BCUT2D eigenvalue weighted by atomic mass is 9.83. The summed E-state index contributed by atoms with van der Waals surface area (Å²) in [7, 11) is 1.64. The Bertz CT molecular complexity index is 391. The SMILES string of the molecule is CCCC1CCC(O)C(Oc2cccc(OC)c2)C1. The molecule has 3 heteroatoms. The number of rotatable bonds is 5. The van der Waals surface area contributed by atoms with E-state index in [2.05, 4.69) is 6.92 Å². The van der Waals surface area contributed by atoms with Crippen LogP contribution in [0.3, 0.4) is 0 Å². The molecule has 0 aliphatic heterocycles. The predicted molar refractivity (Wildman–Crippen MR) is 75.7 cm³/mol. The average Bonchev–Trinajstić information content (AvgIpc) is 2.43. The summed E-state index contributed by atoms with van der Waals surface area (Å²) in [5.41, 5.74) is 0. The molecule has 3 nitrogen and oxygen atoms in total. The van der Waals surface area contributed by atoms with Gasteiger partial charge in [-0.05, 0) is 37.3 Å². The van der Waals surface area contributed by atoms with Crippen molar-refractivity contribution in [3.63, 3.8) is 0 Å². The van der Waals surface area contributed by atoms with Crippen molar-refractivity contribution in [3.05, 3.63) is 24.3 Å². The first-order valence-corrected chi connectivity index (χ1v) is 7.21. The van der Waals surface area contributed by atoms with E-state index in [1.54, 1.807) is 7.11 Å². The highest BCUT2D eigenvalue weighted by atomic mass is 16.5. The fourth-order valence-electron chi connectivity index (χ4n) is 2.84. The molecule has 19 heavy (non-hydrogen) atoms. The van der Waals surface area contributed by atoms with Crippen LogP contribution >= 0.6 is 0 Å². The molecule has 3 unspecified atom stereocenters. The molecule has 1 fully saturated rings. The number of methoxy groups -OCH3 is 1. The maximum absolute atomic E-state index is 10.1. The van der Waals surface area contributed by atoms with E-state index in [1.165, 1.54) is 12.8 Å². The standard InChI is InChI=1S/C16H24O3/c1-3-5-12-8-9-15(17)16(10-12)19-14-7-4-6-13(11-14)18-2/h4,6-7,11-12,15-17H,3,5,8-10H2,1-2H3. The van der Waals surface area contributed by atoms with Crippen LogP contribution in [0.2, 0.25) is 0 Å². The summed E-state index contributed by atoms with van der Waals surface area (Å²) in [5, 5.41) is 10.1. The molecule has 3 atom stereocenters. The van der Waals surface area contributed by atoms with Gasteiger partial charge >= 0.3 is 0 Å². The second kappa shape index (κ2) is 6.80.